The molecule has 1 rings (SSSR count). The van der Waals surface area contributed by atoms with Crippen LogP contribution < -0.4 is 17.2 Å². The lowest BCUT2D eigenvalue weighted by molar-refractivity contribution is 0.597. The molecule has 9 heteroatoms. The summed E-state index contributed by atoms with van der Waals surface area (Å²) in [5, 5.41) is 0. The standard InChI is InChI=1S/C10H14BrN5O2S/c1-2-19(17,18)6-3-4-7(11)8(5-6)15-10(14)16-9(12)13/h3-5H,2H2,1H3,(H6,12,13,14,15,16). The highest BCUT2D eigenvalue weighted by Crippen LogP contribution is 2.28. The van der Waals surface area contributed by atoms with Gasteiger partial charge in [-0.05, 0) is 34.1 Å². The minimum absolute atomic E-state index is 0.00116. The van der Waals surface area contributed by atoms with Crippen LogP contribution in [0.5, 0.6) is 0 Å². The molecule has 0 saturated heterocycles. The van der Waals surface area contributed by atoms with E-state index in [1.54, 1.807) is 13.0 Å². The van der Waals surface area contributed by atoms with Gasteiger partial charge in [0.1, 0.15) is 0 Å². The second-order valence-corrected chi connectivity index (χ2v) is 6.66. The lowest BCUT2D eigenvalue weighted by Gasteiger charge is -2.04. The lowest BCUT2D eigenvalue weighted by Crippen LogP contribution is -2.26. The zero-order valence-electron chi connectivity index (χ0n) is 10.2. The molecule has 0 bridgehead atoms. The van der Waals surface area contributed by atoms with E-state index in [4.69, 9.17) is 17.2 Å². The number of nitrogens with two attached hydrogens (primary N) is 3. The lowest BCUT2D eigenvalue weighted by atomic mass is 10.3. The molecule has 6 N–H and O–H groups in total. The maximum atomic E-state index is 11.8. The summed E-state index contributed by atoms with van der Waals surface area (Å²) in [6.07, 6.45) is 0. The highest BCUT2D eigenvalue weighted by molar-refractivity contribution is 9.10. The van der Waals surface area contributed by atoms with Crippen molar-refractivity contribution in [2.45, 2.75) is 11.8 Å². The van der Waals surface area contributed by atoms with Crippen LogP contribution in [0.25, 0.3) is 0 Å². The van der Waals surface area contributed by atoms with Crippen LogP contribution in [0.3, 0.4) is 0 Å². The van der Waals surface area contributed by atoms with Gasteiger partial charge in [0.15, 0.2) is 15.8 Å². The average Bonchev–Trinajstić information content (AvgIpc) is 2.30. The van der Waals surface area contributed by atoms with Crippen molar-refractivity contribution in [3.63, 3.8) is 0 Å². The number of aliphatic imine (C=N–C) groups is 2. The quantitative estimate of drug-likeness (QED) is 0.538. The summed E-state index contributed by atoms with van der Waals surface area (Å²) in [7, 11) is -3.31. The molecule has 0 aromatic heterocycles. The Kier molecular flexibility index (Phi) is 4.90. The molecule has 0 unspecified atom stereocenters. The summed E-state index contributed by atoms with van der Waals surface area (Å²) in [4.78, 5) is 7.66. The summed E-state index contributed by atoms with van der Waals surface area (Å²) in [5.74, 6) is -0.386. The normalized spacial score (nSPS) is 12.2. The largest absolute Gasteiger partial charge is 0.370 e. The molecule has 0 aliphatic rings. The molecule has 0 fully saturated rings. The minimum atomic E-state index is -3.31. The third-order valence-electron chi connectivity index (χ3n) is 2.14. The van der Waals surface area contributed by atoms with Gasteiger partial charge in [0.05, 0.1) is 16.3 Å². The highest BCUT2D eigenvalue weighted by Gasteiger charge is 2.13. The predicted octanol–water partition coefficient (Wildman–Crippen LogP) is 0.462. The Morgan fingerprint density at radius 1 is 1.32 bits per heavy atom. The van der Waals surface area contributed by atoms with Crippen molar-refractivity contribution < 1.29 is 8.42 Å². The van der Waals surface area contributed by atoms with Gasteiger partial charge in [0.25, 0.3) is 0 Å². The van der Waals surface area contributed by atoms with E-state index in [1.807, 2.05) is 0 Å². The van der Waals surface area contributed by atoms with Crippen LogP contribution in [0.15, 0.2) is 37.6 Å². The van der Waals surface area contributed by atoms with E-state index in [1.165, 1.54) is 12.1 Å². The van der Waals surface area contributed by atoms with Crippen molar-refractivity contribution in [2.24, 2.45) is 27.2 Å². The molecule has 104 valence electrons. The molecule has 0 amide bonds. The Labute approximate surface area is 119 Å². The number of hydrogen-bond donors (Lipinski definition) is 3. The first kappa shape index (κ1) is 15.4. The van der Waals surface area contributed by atoms with Gasteiger partial charge < -0.3 is 17.2 Å². The van der Waals surface area contributed by atoms with Gasteiger partial charge in [-0.3, -0.25) is 0 Å². The summed E-state index contributed by atoms with van der Waals surface area (Å²) in [6, 6.07) is 4.46. The number of rotatable bonds is 3. The maximum Gasteiger partial charge on any atom is 0.223 e. The topological polar surface area (TPSA) is 137 Å². The molecule has 0 atom stereocenters. The summed E-state index contributed by atoms with van der Waals surface area (Å²) in [6.45, 7) is 1.56. The maximum absolute atomic E-state index is 11.8. The van der Waals surface area contributed by atoms with E-state index < -0.39 is 9.84 Å². The molecular formula is C10H14BrN5O2S. The van der Waals surface area contributed by atoms with Gasteiger partial charge in [0, 0.05) is 4.47 Å². The predicted molar refractivity (Wildman–Crippen MR) is 79.0 cm³/mol. The molecular weight excluding hydrogens is 334 g/mol. The smallest absolute Gasteiger partial charge is 0.223 e. The van der Waals surface area contributed by atoms with Crippen LogP contribution >= 0.6 is 15.9 Å². The average molecular weight is 348 g/mol. The third kappa shape index (κ3) is 4.21. The van der Waals surface area contributed by atoms with Crippen molar-refractivity contribution in [3.05, 3.63) is 22.7 Å². The second-order valence-electron chi connectivity index (χ2n) is 3.52. The van der Waals surface area contributed by atoms with Crippen molar-refractivity contribution in [1.82, 2.24) is 0 Å². The van der Waals surface area contributed by atoms with Gasteiger partial charge in [0.2, 0.25) is 5.96 Å². The first-order valence-electron chi connectivity index (χ1n) is 5.22. The van der Waals surface area contributed by atoms with Gasteiger partial charge in [-0.15, -0.1) is 0 Å². The fourth-order valence-corrected chi connectivity index (χ4v) is 2.45. The van der Waals surface area contributed by atoms with Gasteiger partial charge in [-0.2, -0.15) is 4.99 Å². The molecule has 19 heavy (non-hydrogen) atoms. The molecule has 1 aromatic carbocycles. The molecule has 0 aliphatic heterocycles. The number of nitrogens with zero attached hydrogens (tertiary/aromatic N) is 2. The van der Waals surface area contributed by atoms with Gasteiger partial charge in [-0.1, -0.05) is 6.92 Å². The van der Waals surface area contributed by atoms with Crippen LogP contribution in [-0.4, -0.2) is 26.1 Å². The monoisotopic (exact) mass is 347 g/mol. The highest BCUT2D eigenvalue weighted by atomic mass is 79.9. The first-order valence-corrected chi connectivity index (χ1v) is 7.67. The number of guanidine groups is 2. The van der Waals surface area contributed by atoms with E-state index in [2.05, 4.69) is 25.9 Å². The van der Waals surface area contributed by atoms with Crippen LogP contribution in [0.1, 0.15) is 6.92 Å². The summed E-state index contributed by atoms with van der Waals surface area (Å²) < 4.78 is 24.1. The number of hydrogen-bond acceptors (Lipinski definition) is 3. The zero-order chi connectivity index (χ0) is 14.6. The zero-order valence-corrected chi connectivity index (χ0v) is 12.6. The Hall–Kier alpha value is -1.61. The molecule has 0 aliphatic carbocycles. The number of sulfone groups is 1. The van der Waals surface area contributed by atoms with E-state index in [0.29, 0.717) is 10.2 Å². The van der Waals surface area contributed by atoms with Crippen LogP contribution in [-0.2, 0) is 9.84 Å². The van der Waals surface area contributed by atoms with Crippen molar-refractivity contribution in [2.75, 3.05) is 5.75 Å². The molecule has 7 nitrogen and oxygen atoms in total. The summed E-state index contributed by atoms with van der Waals surface area (Å²) >= 11 is 3.25. The van der Waals surface area contributed by atoms with E-state index in [-0.39, 0.29) is 22.6 Å². The SMILES string of the molecule is CCS(=O)(=O)c1ccc(Br)c(N=C(N)N=C(N)N)c1. The minimum Gasteiger partial charge on any atom is -0.370 e. The number of benzene rings is 1. The third-order valence-corrected chi connectivity index (χ3v) is 4.54. The molecule has 0 spiro atoms. The fourth-order valence-electron chi connectivity index (χ4n) is 1.22. The molecule has 0 radical (unpaired) electrons. The molecule has 1 aromatic rings. The Morgan fingerprint density at radius 2 is 1.95 bits per heavy atom. The Morgan fingerprint density at radius 3 is 2.47 bits per heavy atom. The van der Waals surface area contributed by atoms with Crippen molar-refractivity contribution in [3.8, 4) is 0 Å². The fraction of sp³-hybridized carbons (Fsp3) is 0.200. The molecule has 0 saturated carbocycles. The van der Waals surface area contributed by atoms with E-state index in [9.17, 15) is 8.42 Å². The van der Waals surface area contributed by atoms with E-state index in [0.717, 1.165) is 0 Å². The number of halogens is 1. The van der Waals surface area contributed by atoms with Crippen LogP contribution in [0.4, 0.5) is 5.69 Å². The van der Waals surface area contributed by atoms with Gasteiger partial charge >= 0.3 is 0 Å². The molecule has 0 heterocycles. The van der Waals surface area contributed by atoms with Crippen LogP contribution in [0, 0.1) is 0 Å². The van der Waals surface area contributed by atoms with Gasteiger partial charge in [-0.25, -0.2) is 13.4 Å². The second kappa shape index (κ2) is 6.02. The van der Waals surface area contributed by atoms with Crippen LogP contribution in [0.2, 0.25) is 0 Å². The Bertz CT molecular complexity index is 635. The van der Waals surface area contributed by atoms with Crippen molar-refractivity contribution in [1.29, 1.82) is 0 Å². The van der Waals surface area contributed by atoms with E-state index >= 15 is 0 Å². The first-order chi connectivity index (χ1) is 8.76. The van der Waals surface area contributed by atoms with Crippen molar-refractivity contribution >= 4 is 43.4 Å². The Balaban J connectivity index is 3.30. The summed E-state index contributed by atoms with van der Waals surface area (Å²) in [5.41, 5.74) is 16.2.